The molecule has 94 valence electrons. The maximum atomic E-state index is 10.4. The molecule has 0 spiro atoms. The first kappa shape index (κ1) is 14.0. The highest BCUT2D eigenvalue weighted by atomic mass is 79.9. The molecular formula is C13H17BrO3. The summed E-state index contributed by atoms with van der Waals surface area (Å²) in [6.07, 6.45) is 3.84. The predicted molar refractivity (Wildman–Crippen MR) is 70.5 cm³/mol. The smallest absolute Gasteiger partial charge is 0.303 e. The van der Waals surface area contributed by atoms with E-state index in [1.54, 1.807) is 7.11 Å². The number of halogens is 1. The Morgan fingerprint density at radius 3 is 2.76 bits per heavy atom. The summed E-state index contributed by atoms with van der Waals surface area (Å²) in [5, 5.41) is 8.52. The molecule has 0 heterocycles. The second-order valence-electron chi connectivity index (χ2n) is 3.91. The van der Waals surface area contributed by atoms with Crippen LogP contribution in [0, 0.1) is 0 Å². The van der Waals surface area contributed by atoms with Crippen LogP contribution in [0.2, 0.25) is 0 Å². The molecule has 0 radical (unpaired) electrons. The molecule has 1 aromatic carbocycles. The summed E-state index contributed by atoms with van der Waals surface area (Å²) in [4.78, 5) is 10.4. The van der Waals surface area contributed by atoms with Gasteiger partial charge in [0.15, 0.2) is 0 Å². The van der Waals surface area contributed by atoms with E-state index in [2.05, 4.69) is 22.0 Å². The fourth-order valence-electron chi connectivity index (χ4n) is 1.71. The fraction of sp³-hybridized carbons (Fsp3) is 0.462. The Labute approximate surface area is 110 Å². The third-order valence-corrected chi connectivity index (χ3v) is 3.07. The van der Waals surface area contributed by atoms with Crippen LogP contribution in [-0.2, 0) is 11.2 Å². The van der Waals surface area contributed by atoms with E-state index in [-0.39, 0.29) is 6.42 Å². The van der Waals surface area contributed by atoms with E-state index in [1.807, 2.05) is 12.1 Å². The zero-order valence-electron chi connectivity index (χ0n) is 9.91. The van der Waals surface area contributed by atoms with Crippen LogP contribution in [0.25, 0.3) is 0 Å². The molecule has 0 aliphatic rings. The van der Waals surface area contributed by atoms with Gasteiger partial charge in [-0.05, 0) is 43.0 Å². The number of hydrogen-bond acceptors (Lipinski definition) is 2. The maximum absolute atomic E-state index is 10.4. The number of carbonyl (C=O) groups is 1. The Hall–Kier alpha value is -1.03. The van der Waals surface area contributed by atoms with Gasteiger partial charge in [-0.25, -0.2) is 0 Å². The molecule has 3 nitrogen and oxygen atoms in total. The van der Waals surface area contributed by atoms with Crippen LogP contribution in [-0.4, -0.2) is 18.2 Å². The predicted octanol–water partition coefficient (Wildman–Crippen LogP) is 3.65. The molecular weight excluding hydrogens is 284 g/mol. The number of methoxy groups -OCH3 is 1. The number of aliphatic carboxylic acids is 1. The Morgan fingerprint density at radius 2 is 2.12 bits per heavy atom. The van der Waals surface area contributed by atoms with Crippen molar-refractivity contribution in [2.24, 2.45) is 0 Å². The highest BCUT2D eigenvalue weighted by Crippen LogP contribution is 2.24. The molecule has 0 amide bonds. The molecule has 17 heavy (non-hydrogen) atoms. The molecule has 1 aromatic rings. The Morgan fingerprint density at radius 1 is 1.35 bits per heavy atom. The van der Waals surface area contributed by atoms with Crippen molar-refractivity contribution in [3.63, 3.8) is 0 Å². The minimum atomic E-state index is -0.718. The Kier molecular flexibility index (Phi) is 6.05. The summed E-state index contributed by atoms with van der Waals surface area (Å²) in [6, 6.07) is 5.94. The van der Waals surface area contributed by atoms with Gasteiger partial charge in [0, 0.05) is 10.9 Å². The standard InChI is InChI=1S/C13H17BrO3/c1-17-12-8-7-11(14)9-10(12)5-3-2-4-6-13(15)16/h7-9H,2-6H2,1H3,(H,15,16). The minimum Gasteiger partial charge on any atom is -0.496 e. The van der Waals surface area contributed by atoms with Crippen molar-refractivity contribution in [1.82, 2.24) is 0 Å². The number of rotatable bonds is 7. The molecule has 0 aromatic heterocycles. The van der Waals surface area contributed by atoms with Gasteiger partial charge in [0.05, 0.1) is 7.11 Å². The number of benzene rings is 1. The zero-order valence-corrected chi connectivity index (χ0v) is 11.5. The van der Waals surface area contributed by atoms with E-state index in [1.165, 1.54) is 0 Å². The van der Waals surface area contributed by atoms with Gasteiger partial charge in [-0.15, -0.1) is 0 Å². The number of unbranched alkanes of at least 4 members (excludes halogenated alkanes) is 2. The van der Waals surface area contributed by atoms with Gasteiger partial charge >= 0.3 is 5.97 Å². The Bertz CT molecular complexity index is 377. The van der Waals surface area contributed by atoms with Crippen LogP contribution in [0.15, 0.2) is 22.7 Å². The van der Waals surface area contributed by atoms with Gasteiger partial charge in [0.2, 0.25) is 0 Å². The Balaban J connectivity index is 2.40. The van der Waals surface area contributed by atoms with E-state index in [0.29, 0.717) is 0 Å². The van der Waals surface area contributed by atoms with Crippen molar-refractivity contribution in [3.8, 4) is 5.75 Å². The van der Waals surface area contributed by atoms with Gasteiger partial charge in [-0.3, -0.25) is 4.79 Å². The van der Waals surface area contributed by atoms with Crippen molar-refractivity contribution in [2.45, 2.75) is 32.1 Å². The molecule has 0 saturated heterocycles. The molecule has 0 saturated carbocycles. The summed E-state index contributed by atoms with van der Waals surface area (Å²) in [7, 11) is 1.66. The molecule has 0 aliphatic heterocycles. The van der Waals surface area contributed by atoms with Gasteiger partial charge in [-0.1, -0.05) is 22.4 Å². The van der Waals surface area contributed by atoms with Gasteiger partial charge in [0.1, 0.15) is 5.75 Å². The van der Waals surface area contributed by atoms with E-state index < -0.39 is 5.97 Å². The third kappa shape index (κ3) is 5.22. The van der Waals surface area contributed by atoms with E-state index in [9.17, 15) is 4.79 Å². The summed E-state index contributed by atoms with van der Waals surface area (Å²) >= 11 is 3.43. The molecule has 0 fully saturated rings. The first-order chi connectivity index (χ1) is 8.13. The van der Waals surface area contributed by atoms with Crippen LogP contribution in [0.3, 0.4) is 0 Å². The van der Waals surface area contributed by atoms with Crippen LogP contribution in [0.5, 0.6) is 5.75 Å². The van der Waals surface area contributed by atoms with Crippen molar-refractivity contribution >= 4 is 21.9 Å². The molecule has 1 N–H and O–H groups in total. The second kappa shape index (κ2) is 7.33. The van der Waals surface area contributed by atoms with Crippen molar-refractivity contribution in [2.75, 3.05) is 7.11 Å². The molecule has 4 heteroatoms. The van der Waals surface area contributed by atoms with Crippen LogP contribution in [0.4, 0.5) is 0 Å². The fourth-order valence-corrected chi connectivity index (χ4v) is 2.12. The van der Waals surface area contributed by atoms with Gasteiger partial charge in [0.25, 0.3) is 0 Å². The van der Waals surface area contributed by atoms with Crippen molar-refractivity contribution in [3.05, 3.63) is 28.2 Å². The number of hydrogen-bond donors (Lipinski definition) is 1. The highest BCUT2D eigenvalue weighted by Gasteiger charge is 2.04. The molecule has 0 atom stereocenters. The van der Waals surface area contributed by atoms with E-state index >= 15 is 0 Å². The zero-order chi connectivity index (χ0) is 12.7. The van der Waals surface area contributed by atoms with Crippen molar-refractivity contribution < 1.29 is 14.6 Å². The third-order valence-electron chi connectivity index (χ3n) is 2.58. The summed E-state index contributed by atoms with van der Waals surface area (Å²) in [5.74, 6) is 0.177. The highest BCUT2D eigenvalue weighted by molar-refractivity contribution is 9.10. The lowest BCUT2D eigenvalue weighted by atomic mass is 10.1. The molecule has 0 unspecified atom stereocenters. The van der Waals surface area contributed by atoms with Crippen LogP contribution in [0.1, 0.15) is 31.2 Å². The minimum absolute atomic E-state index is 0.260. The number of ether oxygens (including phenoxy) is 1. The summed E-state index contributed by atoms with van der Waals surface area (Å²) in [6.45, 7) is 0. The van der Waals surface area contributed by atoms with Crippen molar-refractivity contribution in [1.29, 1.82) is 0 Å². The van der Waals surface area contributed by atoms with Gasteiger partial charge < -0.3 is 9.84 Å². The second-order valence-corrected chi connectivity index (χ2v) is 4.83. The quantitative estimate of drug-likeness (QED) is 0.782. The number of carboxylic acid groups (broad SMARTS) is 1. The SMILES string of the molecule is COc1ccc(Br)cc1CCCCCC(=O)O. The first-order valence-corrected chi connectivity index (χ1v) is 6.47. The largest absolute Gasteiger partial charge is 0.496 e. The lowest BCUT2D eigenvalue weighted by molar-refractivity contribution is -0.137. The molecule has 1 rings (SSSR count). The normalized spacial score (nSPS) is 10.2. The monoisotopic (exact) mass is 300 g/mol. The van der Waals surface area contributed by atoms with Crippen LogP contribution < -0.4 is 4.74 Å². The number of carboxylic acids is 1. The number of aryl methyl sites for hydroxylation is 1. The summed E-state index contributed by atoms with van der Waals surface area (Å²) < 4.78 is 6.32. The molecule has 0 bridgehead atoms. The molecule has 0 aliphatic carbocycles. The van der Waals surface area contributed by atoms with Crippen LogP contribution >= 0.6 is 15.9 Å². The lowest BCUT2D eigenvalue weighted by Crippen LogP contribution is -1.95. The topological polar surface area (TPSA) is 46.5 Å². The average molecular weight is 301 g/mol. The lowest BCUT2D eigenvalue weighted by Gasteiger charge is -2.08. The van der Waals surface area contributed by atoms with E-state index in [0.717, 1.165) is 41.5 Å². The van der Waals surface area contributed by atoms with Gasteiger partial charge in [-0.2, -0.15) is 0 Å². The van der Waals surface area contributed by atoms with E-state index in [4.69, 9.17) is 9.84 Å². The average Bonchev–Trinajstić information content (AvgIpc) is 2.28. The summed E-state index contributed by atoms with van der Waals surface area (Å²) in [5.41, 5.74) is 1.16. The first-order valence-electron chi connectivity index (χ1n) is 5.67. The maximum Gasteiger partial charge on any atom is 0.303 e.